The molecular weight excluding hydrogens is 556 g/mol. The van der Waals surface area contributed by atoms with Gasteiger partial charge in [0.05, 0.1) is 30.5 Å². The van der Waals surface area contributed by atoms with Gasteiger partial charge in [-0.25, -0.2) is 9.78 Å². The van der Waals surface area contributed by atoms with E-state index in [0.717, 1.165) is 17.7 Å². The topological polar surface area (TPSA) is 195 Å². The van der Waals surface area contributed by atoms with E-state index in [9.17, 15) is 19.8 Å². The molecule has 1 saturated heterocycles. The van der Waals surface area contributed by atoms with Crippen molar-refractivity contribution in [2.75, 3.05) is 50.0 Å². The van der Waals surface area contributed by atoms with Crippen molar-refractivity contribution in [3.05, 3.63) is 71.5 Å². The summed E-state index contributed by atoms with van der Waals surface area (Å²) in [5, 5.41) is 37.1. The first-order valence-corrected chi connectivity index (χ1v) is 13.8. The van der Waals surface area contributed by atoms with Gasteiger partial charge < -0.3 is 35.5 Å². The lowest BCUT2D eigenvalue weighted by Gasteiger charge is -2.32. The molecule has 0 unspecified atom stereocenters. The Balaban J connectivity index is 1.26. The Hall–Kier alpha value is -5.15. The molecule has 43 heavy (non-hydrogen) atoms. The van der Waals surface area contributed by atoms with Gasteiger partial charge in [-0.05, 0) is 42.3 Å². The maximum atomic E-state index is 12.1. The third kappa shape index (κ3) is 6.37. The zero-order valence-electron chi connectivity index (χ0n) is 23.1. The third-order valence-corrected chi connectivity index (χ3v) is 7.31. The van der Waals surface area contributed by atoms with Crippen molar-refractivity contribution < 1.29 is 24.2 Å². The number of carbonyl (C=O) groups excluding carboxylic acids is 1. The van der Waals surface area contributed by atoms with Crippen molar-refractivity contribution >= 4 is 29.5 Å². The van der Waals surface area contributed by atoms with E-state index < -0.39 is 12.1 Å². The fraction of sp³-hybridized carbons (Fsp3) is 0.321. The lowest BCUT2D eigenvalue weighted by atomic mass is 10.00. The molecule has 0 bridgehead atoms. The number of aliphatic hydroxyl groups excluding tert-OH is 1. The average molecular weight is 587 g/mol. The van der Waals surface area contributed by atoms with Crippen LogP contribution in [0.2, 0.25) is 0 Å². The van der Waals surface area contributed by atoms with Crippen molar-refractivity contribution in [2.24, 2.45) is 0 Å². The van der Waals surface area contributed by atoms with E-state index in [4.69, 9.17) is 4.42 Å². The molecule has 15 nitrogen and oxygen atoms in total. The quantitative estimate of drug-likeness (QED) is 0.191. The summed E-state index contributed by atoms with van der Waals surface area (Å²) in [6.07, 6.45) is 2.99. The fourth-order valence-electron chi connectivity index (χ4n) is 5.02. The maximum Gasteiger partial charge on any atom is 0.407 e. The molecule has 1 atom stereocenters. The largest absolute Gasteiger partial charge is 0.465 e. The lowest BCUT2D eigenvalue weighted by molar-refractivity contribution is 0.0945. The molecule has 0 saturated carbocycles. The molecule has 2 aliphatic rings. The van der Waals surface area contributed by atoms with Crippen LogP contribution in [0.3, 0.4) is 0 Å². The number of carbonyl (C=O) groups is 2. The van der Waals surface area contributed by atoms with E-state index in [0.29, 0.717) is 67.8 Å². The highest BCUT2D eigenvalue weighted by Crippen LogP contribution is 2.30. The molecule has 0 aliphatic carbocycles. The van der Waals surface area contributed by atoms with Gasteiger partial charge in [-0.15, -0.1) is 10.2 Å². The Morgan fingerprint density at radius 1 is 1.09 bits per heavy atom. The minimum absolute atomic E-state index is 0.0918. The molecule has 6 rings (SSSR count). The molecule has 2 aliphatic heterocycles. The lowest BCUT2D eigenvalue weighted by Crippen LogP contribution is -2.47. The Bertz CT molecular complexity index is 1610. The molecular formula is C28H30N10O5. The molecule has 1 aromatic carbocycles. The van der Waals surface area contributed by atoms with E-state index in [-0.39, 0.29) is 24.4 Å². The number of amides is 2. The molecule has 222 valence electrons. The number of rotatable bonds is 9. The van der Waals surface area contributed by atoms with Crippen molar-refractivity contribution in [1.82, 2.24) is 40.3 Å². The summed E-state index contributed by atoms with van der Waals surface area (Å²) in [5.74, 6) is 1.08. The molecule has 4 aromatic rings. The van der Waals surface area contributed by atoms with Crippen molar-refractivity contribution in [3.63, 3.8) is 0 Å². The highest BCUT2D eigenvalue weighted by Gasteiger charge is 2.24. The van der Waals surface area contributed by atoms with Crippen LogP contribution in [0.5, 0.6) is 0 Å². The molecule has 0 radical (unpaired) electrons. The summed E-state index contributed by atoms with van der Waals surface area (Å²) < 4.78 is 5.99. The normalized spacial score (nSPS) is 15.8. The minimum Gasteiger partial charge on any atom is -0.465 e. The number of benzene rings is 1. The molecule has 1 fully saturated rings. The van der Waals surface area contributed by atoms with Gasteiger partial charge in [-0.1, -0.05) is 6.07 Å². The van der Waals surface area contributed by atoms with E-state index >= 15 is 0 Å². The predicted molar refractivity (Wildman–Crippen MR) is 154 cm³/mol. The zero-order valence-corrected chi connectivity index (χ0v) is 23.1. The fourth-order valence-corrected chi connectivity index (χ4v) is 5.02. The summed E-state index contributed by atoms with van der Waals surface area (Å²) in [4.78, 5) is 40.3. The number of nitrogens with one attached hydrogen (secondary N) is 3. The first kappa shape index (κ1) is 28.0. The molecule has 15 heteroatoms. The number of fused-ring (bicyclic) bond motifs is 1. The monoisotopic (exact) mass is 586 g/mol. The van der Waals surface area contributed by atoms with Gasteiger partial charge in [0.2, 0.25) is 11.8 Å². The van der Waals surface area contributed by atoms with Gasteiger partial charge >= 0.3 is 6.09 Å². The van der Waals surface area contributed by atoms with Crippen LogP contribution >= 0.6 is 0 Å². The number of pyridine rings is 1. The van der Waals surface area contributed by atoms with Crippen LogP contribution < -0.4 is 16.0 Å². The first-order chi connectivity index (χ1) is 21.0. The summed E-state index contributed by atoms with van der Waals surface area (Å²) >= 11 is 0. The van der Waals surface area contributed by atoms with Crippen LogP contribution in [0.4, 0.5) is 22.2 Å². The number of aromatic nitrogens is 5. The first-order valence-electron chi connectivity index (χ1n) is 13.8. The van der Waals surface area contributed by atoms with Gasteiger partial charge in [0.15, 0.2) is 0 Å². The molecule has 2 amide bonds. The van der Waals surface area contributed by atoms with E-state index in [1.165, 1.54) is 4.90 Å². The molecule has 0 spiro atoms. The number of anilines is 3. The number of piperazine rings is 1. The van der Waals surface area contributed by atoms with Crippen LogP contribution in [-0.4, -0.2) is 96.5 Å². The number of carboxylic acid groups (broad SMARTS) is 1. The second-order valence-corrected chi connectivity index (χ2v) is 10.1. The van der Waals surface area contributed by atoms with Crippen molar-refractivity contribution in [3.8, 4) is 11.5 Å². The predicted octanol–water partition coefficient (Wildman–Crippen LogP) is 1.89. The van der Waals surface area contributed by atoms with E-state index in [2.05, 4.69) is 41.1 Å². The Morgan fingerprint density at radius 2 is 1.95 bits per heavy atom. The van der Waals surface area contributed by atoms with Gasteiger partial charge in [-0.2, -0.15) is 4.98 Å². The number of aliphatic hydroxyl groups is 1. The number of hydrogen-bond acceptors (Lipinski definition) is 12. The standard InChI is InChI=1S/C28H30N10O5/c39-16-22(21-3-1-2-7-29-21)33-24-20(26-36-35-23(43-26)15-37-9-11-38(12-10-37)28(41)42)14-31-27(34-24)32-18-4-5-19-17(13-18)6-8-30-25(19)40/h1-5,7,13-14,22,39H,6,8-12,15-16H2,(H,30,40)(H,41,42)(H2,31,32,33,34)/t22-/m1/s1. The molecule has 5 heterocycles. The SMILES string of the molecule is O=C1NCCc2cc(Nc3ncc(-c4nnc(CN5CCN(C(=O)O)CC5)o4)c(N[C@H](CO)c4ccccn4)n3)ccc21. The van der Waals surface area contributed by atoms with E-state index in [1.54, 1.807) is 36.7 Å². The smallest absolute Gasteiger partial charge is 0.407 e. The number of hydrogen-bond donors (Lipinski definition) is 5. The average Bonchev–Trinajstić information content (AvgIpc) is 3.49. The minimum atomic E-state index is -0.927. The van der Waals surface area contributed by atoms with Crippen LogP contribution in [0, 0.1) is 0 Å². The Morgan fingerprint density at radius 3 is 2.72 bits per heavy atom. The van der Waals surface area contributed by atoms with Crippen molar-refractivity contribution in [2.45, 2.75) is 19.0 Å². The summed E-state index contributed by atoms with van der Waals surface area (Å²) in [6.45, 7) is 2.60. The summed E-state index contributed by atoms with van der Waals surface area (Å²) in [5.41, 5.74) is 3.34. The Kier molecular flexibility index (Phi) is 8.06. The highest BCUT2D eigenvalue weighted by molar-refractivity contribution is 5.97. The van der Waals surface area contributed by atoms with Crippen LogP contribution in [0.1, 0.15) is 33.5 Å². The van der Waals surface area contributed by atoms with Gasteiger partial charge in [0.25, 0.3) is 11.8 Å². The third-order valence-electron chi connectivity index (χ3n) is 7.31. The molecule has 5 N–H and O–H groups in total. The number of nitrogens with zero attached hydrogens (tertiary/aromatic N) is 7. The van der Waals surface area contributed by atoms with Gasteiger partial charge in [0.1, 0.15) is 5.82 Å². The second-order valence-electron chi connectivity index (χ2n) is 10.1. The van der Waals surface area contributed by atoms with Crippen molar-refractivity contribution in [1.29, 1.82) is 0 Å². The van der Waals surface area contributed by atoms with Crippen LogP contribution in [-0.2, 0) is 13.0 Å². The van der Waals surface area contributed by atoms with Gasteiger partial charge in [-0.3, -0.25) is 14.7 Å². The second kappa shape index (κ2) is 12.4. The Labute approximate surface area is 246 Å². The maximum absolute atomic E-state index is 12.1. The van der Waals surface area contributed by atoms with Crippen LogP contribution in [0.25, 0.3) is 11.5 Å². The summed E-state index contributed by atoms with van der Waals surface area (Å²) in [7, 11) is 0. The summed E-state index contributed by atoms with van der Waals surface area (Å²) in [6, 6.07) is 10.3. The van der Waals surface area contributed by atoms with Crippen LogP contribution in [0.15, 0.2) is 53.2 Å². The zero-order chi connectivity index (χ0) is 29.8. The van der Waals surface area contributed by atoms with E-state index in [1.807, 2.05) is 17.0 Å². The van der Waals surface area contributed by atoms with Gasteiger partial charge in [0, 0.05) is 56.4 Å². The molecule has 3 aromatic heterocycles. The highest BCUT2D eigenvalue weighted by atomic mass is 16.4.